The lowest BCUT2D eigenvalue weighted by atomic mass is 10.4. The van der Waals surface area contributed by atoms with E-state index in [0.29, 0.717) is 12.2 Å². The molecule has 2 heterocycles. The van der Waals surface area contributed by atoms with Crippen molar-refractivity contribution < 1.29 is 4.79 Å². The highest BCUT2D eigenvalue weighted by Gasteiger charge is 2.12. The average molecular weight is 309 g/mol. The van der Waals surface area contributed by atoms with Gasteiger partial charge in [0.2, 0.25) is 0 Å². The lowest BCUT2D eigenvalue weighted by Crippen LogP contribution is -2.34. The fourth-order valence-electron chi connectivity index (χ4n) is 1.85. The quantitative estimate of drug-likeness (QED) is 0.855. The van der Waals surface area contributed by atoms with Crippen molar-refractivity contribution in [2.75, 3.05) is 26.2 Å². The van der Waals surface area contributed by atoms with Crippen molar-refractivity contribution in [2.24, 2.45) is 0 Å². The number of amides is 1. The SMILES string of the molecule is CCN(CC)CCNC(=O)c1csc(-c2cccs2)n1. The van der Waals surface area contributed by atoms with E-state index in [2.05, 4.69) is 29.0 Å². The van der Waals surface area contributed by atoms with Crippen molar-refractivity contribution in [3.05, 3.63) is 28.6 Å². The van der Waals surface area contributed by atoms with Gasteiger partial charge in [-0.15, -0.1) is 22.7 Å². The fourth-order valence-corrected chi connectivity index (χ4v) is 3.46. The monoisotopic (exact) mass is 309 g/mol. The second-order valence-corrected chi connectivity index (χ2v) is 6.10. The number of hydrogen-bond donors (Lipinski definition) is 1. The summed E-state index contributed by atoms with van der Waals surface area (Å²) >= 11 is 3.15. The molecule has 1 N–H and O–H groups in total. The summed E-state index contributed by atoms with van der Waals surface area (Å²) in [6.07, 6.45) is 0. The summed E-state index contributed by atoms with van der Waals surface area (Å²) in [4.78, 5) is 19.8. The van der Waals surface area contributed by atoms with Gasteiger partial charge in [-0.1, -0.05) is 19.9 Å². The molecule has 2 aromatic rings. The van der Waals surface area contributed by atoms with Crippen LogP contribution in [-0.4, -0.2) is 42.0 Å². The molecule has 0 atom stereocenters. The Hall–Kier alpha value is -1.24. The molecule has 0 aliphatic rings. The highest BCUT2D eigenvalue weighted by Crippen LogP contribution is 2.27. The minimum absolute atomic E-state index is 0.0868. The van der Waals surface area contributed by atoms with E-state index in [-0.39, 0.29) is 5.91 Å². The third-order valence-corrected chi connectivity index (χ3v) is 4.96. The molecule has 0 aliphatic heterocycles. The van der Waals surface area contributed by atoms with E-state index in [9.17, 15) is 4.79 Å². The summed E-state index contributed by atoms with van der Waals surface area (Å²) in [5, 5.41) is 7.67. The maximum Gasteiger partial charge on any atom is 0.270 e. The van der Waals surface area contributed by atoms with E-state index >= 15 is 0 Å². The molecule has 6 heteroatoms. The second-order valence-electron chi connectivity index (χ2n) is 4.30. The molecule has 1 amide bonds. The van der Waals surface area contributed by atoms with Crippen molar-refractivity contribution in [3.8, 4) is 9.88 Å². The van der Waals surface area contributed by atoms with Crippen molar-refractivity contribution in [1.82, 2.24) is 15.2 Å². The van der Waals surface area contributed by atoms with Gasteiger partial charge in [0.1, 0.15) is 10.7 Å². The van der Waals surface area contributed by atoms with Gasteiger partial charge in [-0.05, 0) is 24.5 Å². The molecular formula is C14H19N3OS2. The lowest BCUT2D eigenvalue weighted by Gasteiger charge is -2.17. The van der Waals surface area contributed by atoms with Gasteiger partial charge in [0.05, 0.1) is 4.88 Å². The molecule has 0 saturated carbocycles. The smallest absolute Gasteiger partial charge is 0.270 e. The molecule has 0 aromatic carbocycles. The Morgan fingerprint density at radius 3 is 2.80 bits per heavy atom. The highest BCUT2D eigenvalue weighted by molar-refractivity contribution is 7.20. The van der Waals surface area contributed by atoms with Crippen LogP contribution in [-0.2, 0) is 0 Å². The third-order valence-electron chi connectivity index (χ3n) is 3.08. The van der Waals surface area contributed by atoms with E-state index in [4.69, 9.17) is 0 Å². The number of carbonyl (C=O) groups excluding carboxylic acids is 1. The zero-order valence-electron chi connectivity index (χ0n) is 11.8. The van der Waals surface area contributed by atoms with Gasteiger partial charge in [-0.2, -0.15) is 0 Å². The summed E-state index contributed by atoms with van der Waals surface area (Å²) in [5.41, 5.74) is 0.512. The van der Waals surface area contributed by atoms with Crippen LogP contribution in [0.2, 0.25) is 0 Å². The van der Waals surface area contributed by atoms with E-state index in [1.54, 1.807) is 11.3 Å². The van der Waals surface area contributed by atoms with Gasteiger partial charge in [0.25, 0.3) is 5.91 Å². The minimum Gasteiger partial charge on any atom is -0.349 e. The Labute approximate surface area is 127 Å². The predicted octanol–water partition coefficient (Wildman–Crippen LogP) is 2.94. The van der Waals surface area contributed by atoms with Crippen LogP contribution in [0.3, 0.4) is 0 Å². The Morgan fingerprint density at radius 1 is 1.35 bits per heavy atom. The van der Waals surface area contributed by atoms with Crippen LogP contribution in [0.1, 0.15) is 24.3 Å². The number of rotatable bonds is 7. The van der Waals surface area contributed by atoms with Crippen molar-refractivity contribution in [1.29, 1.82) is 0 Å². The summed E-state index contributed by atoms with van der Waals surface area (Å²) in [5.74, 6) is -0.0868. The van der Waals surface area contributed by atoms with Crippen LogP contribution in [0.4, 0.5) is 0 Å². The maximum absolute atomic E-state index is 12.0. The van der Waals surface area contributed by atoms with Crippen molar-refractivity contribution in [2.45, 2.75) is 13.8 Å². The third kappa shape index (κ3) is 3.88. The topological polar surface area (TPSA) is 45.2 Å². The minimum atomic E-state index is -0.0868. The van der Waals surface area contributed by atoms with Crippen LogP contribution in [0.15, 0.2) is 22.9 Å². The first-order chi connectivity index (χ1) is 9.74. The van der Waals surface area contributed by atoms with Gasteiger partial charge >= 0.3 is 0 Å². The summed E-state index contributed by atoms with van der Waals surface area (Å²) in [6.45, 7) is 7.79. The van der Waals surface area contributed by atoms with Gasteiger partial charge in [-0.25, -0.2) is 4.98 Å². The average Bonchev–Trinajstić information content (AvgIpc) is 3.13. The molecule has 0 saturated heterocycles. The van der Waals surface area contributed by atoms with Gasteiger partial charge in [-0.3, -0.25) is 4.79 Å². The van der Waals surface area contributed by atoms with Gasteiger partial charge in [0, 0.05) is 18.5 Å². The van der Waals surface area contributed by atoms with E-state index in [1.165, 1.54) is 11.3 Å². The molecule has 0 radical (unpaired) electrons. The van der Waals surface area contributed by atoms with Crippen LogP contribution in [0.5, 0.6) is 0 Å². The molecule has 0 fully saturated rings. The molecule has 0 aliphatic carbocycles. The predicted molar refractivity (Wildman–Crippen MR) is 85.5 cm³/mol. The lowest BCUT2D eigenvalue weighted by molar-refractivity contribution is 0.0944. The number of aromatic nitrogens is 1. The number of thiophene rings is 1. The zero-order valence-corrected chi connectivity index (χ0v) is 13.4. The highest BCUT2D eigenvalue weighted by atomic mass is 32.1. The van der Waals surface area contributed by atoms with Gasteiger partial charge < -0.3 is 10.2 Å². The molecule has 0 bridgehead atoms. The standard InChI is InChI=1S/C14H19N3OS2/c1-3-17(4-2)8-7-15-13(18)11-10-20-14(16-11)12-6-5-9-19-12/h5-6,9-10H,3-4,7-8H2,1-2H3,(H,15,18). The number of likely N-dealkylation sites (N-methyl/N-ethyl adjacent to an activating group) is 1. The fraction of sp³-hybridized carbons (Fsp3) is 0.429. The van der Waals surface area contributed by atoms with Crippen LogP contribution < -0.4 is 5.32 Å². The number of hydrogen-bond acceptors (Lipinski definition) is 5. The molecule has 0 spiro atoms. The van der Waals surface area contributed by atoms with E-state index < -0.39 is 0 Å². The molecule has 108 valence electrons. The zero-order chi connectivity index (χ0) is 14.4. The number of thiazole rings is 1. The van der Waals surface area contributed by atoms with Crippen molar-refractivity contribution in [3.63, 3.8) is 0 Å². The summed E-state index contributed by atoms with van der Waals surface area (Å²) < 4.78 is 0. The Kier molecular flexibility index (Phi) is 5.70. The molecule has 2 rings (SSSR count). The second kappa shape index (κ2) is 7.52. The number of carbonyl (C=O) groups is 1. The molecular weight excluding hydrogens is 290 g/mol. The first-order valence-electron chi connectivity index (χ1n) is 6.74. The summed E-state index contributed by atoms with van der Waals surface area (Å²) in [7, 11) is 0. The normalized spacial score (nSPS) is 10.9. The van der Waals surface area contributed by atoms with E-state index in [1.807, 2.05) is 22.9 Å². The van der Waals surface area contributed by atoms with Crippen molar-refractivity contribution >= 4 is 28.6 Å². The molecule has 20 heavy (non-hydrogen) atoms. The Balaban J connectivity index is 1.87. The molecule has 4 nitrogen and oxygen atoms in total. The largest absolute Gasteiger partial charge is 0.349 e. The number of nitrogens with one attached hydrogen (secondary N) is 1. The van der Waals surface area contributed by atoms with Crippen LogP contribution in [0.25, 0.3) is 9.88 Å². The maximum atomic E-state index is 12.0. The number of nitrogens with zero attached hydrogens (tertiary/aromatic N) is 2. The summed E-state index contributed by atoms with van der Waals surface area (Å²) in [6, 6.07) is 4.01. The van der Waals surface area contributed by atoms with E-state index in [0.717, 1.165) is 29.5 Å². The van der Waals surface area contributed by atoms with Crippen LogP contribution >= 0.6 is 22.7 Å². The first-order valence-corrected chi connectivity index (χ1v) is 8.50. The van der Waals surface area contributed by atoms with Gasteiger partial charge in [0.15, 0.2) is 0 Å². The molecule has 0 unspecified atom stereocenters. The Bertz CT molecular complexity index is 532. The first kappa shape index (κ1) is 15.2. The van der Waals surface area contributed by atoms with Crippen LogP contribution in [0, 0.1) is 0 Å². The Morgan fingerprint density at radius 2 is 2.15 bits per heavy atom. The molecule has 2 aromatic heterocycles.